The molecular formula is C15H12N. The lowest BCUT2D eigenvalue weighted by molar-refractivity contribution is 0.901. The topological polar surface area (TPSA) is 4.93 Å². The third kappa shape index (κ3) is 1.18. The first-order valence-electron chi connectivity index (χ1n) is 5.40. The van der Waals surface area contributed by atoms with Crippen LogP contribution in [0.25, 0.3) is 21.8 Å². The molecule has 1 aromatic heterocycles. The molecule has 16 heavy (non-hydrogen) atoms. The van der Waals surface area contributed by atoms with Crippen molar-refractivity contribution in [3.63, 3.8) is 0 Å². The van der Waals surface area contributed by atoms with Crippen LogP contribution in [0.5, 0.6) is 0 Å². The second-order valence-electron chi connectivity index (χ2n) is 3.86. The Morgan fingerprint density at radius 2 is 1.94 bits per heavy atom. The Labute approximate surface area is 94.6 Å². The van der Waals surface area contributed by atoms with E-state index in [4.69, 9.17) is 0 Å². The van der Waals surface area contributed by atoms with Gasteiger partial charge < -0.3 is 4.57 Å². The van der Waals surface area contributed by atoms with Crippen molar-refractivity contribution in [2.45, 2.75) is 6.54 Å². The fraction of sp³-hybridized carbons (Fsp3) is 0.0667. The number of hydrogen-bond acceptors (Lipinski definition) is 0. The minimum Gasteiger partial charge on any atom is -0.337 e. The van der Waals surface area contributed by atoms with Gasteiger partial charge in [0.15, 0.2) is 0 Å². The lowest BCUT2D eigenvalue weighted by atomic mass is 10.2. The van der Waals surface area contributed by atoms with E-state index >= 15 is 0 Å². The first kappa shape index (κ1) is 9.22. The lowest BCUT2D eigenvalue weighted by Gasteiger charge is -2.02. The van der Waals surface area contributed by atoms with Crippen LogP contribution >= 0.6 is 0 Å². The second kappa shape index (κ2) is 3.53. The van der Waals surface area contributed by atoms with Crippen molar-refractivity contribution in [1.29, 1.82) is 0 Å². The molecule has 0 amide bonds. The highest BCUT2D eigenvalue weighted by Crippen LogP contribution is 2.28. The van der Waals surface area contributed by atoms with Crippen LogP contribution in [0.15, 0.2) is 55.1 Å². The van der Waals surface area contributed by atoms with Gasteiger partial charge in [0.05, 0.1) is 0 Å². The van der Waals surface area contributed by atoms with Crippen molar-refractivity contribution >= 4 is 21.8 Å². The van der Waals surface area contributed by atoms with Gasteiger partial charge in [-0.05, 0) is 24.3 Å². The third-order valence-electron chi connectivity index (χ3n) is 2.93. The normalized spacial score (nSPS) is 11.0. The van der Waals surface area contributed by atoms with Gasteiger partial charge in [-0.3, -0.25) is 0 Å². The Bertz CT molecular complexity index is 608. The molecule has 3 rings (SSSR count). The highest BCUT2D eigenvalue weighted by Gasteiger charge is 2.07. The van der Waals surface area contributed by atoms with Gasteiger partial charge in [0.1, 0.15) is 0 Å². The zero-order chi connectivity index (χ0) is 11.0. The molecule has 0 aliphatic heterocycles. The van der Waals surface area contributed by atoms with Crippen LogP contribution in [-0.2, 0) is 6.54 Å². The summed E-state index contributed by atoms with van der Waals surface area (Å²) in [5, 5.41) is 2.55. The van der Waals surface area contributed by atoms with Crippen molar-refractivity contribution in [2.24, 2.45) is 0 Å². The Hall–Kier alpha value is -2.02. The van der Waals surface area contributed by atoms with E-state index in [0.29, 0.717) is 0 Å². The monoisotopic (exact) mass is 206 g/mol. The van der Waals surface area contributed by atoms with Crippen LogP contribution in [0.1, 0.15) is 0 Å². The van der Waals surface area contributed by atoms with Crippen molar-refractivity contribution in [1.82, 2.24) is 4.57 Å². The Morgan fingerprint density at radius 1 is 1.12 bits per heavy atom. The van der Waals surface area contributed by atoms with Crippen LogP contribution in [0.2, 0.25) is 0 Å². The zero-order valence-corrected chi connectivity index (χ0v) is 8.98. The number of nitrogens with zero attached hydrogens (tertiary/aromatic N) is 1. The molecule has 2 aromatic carbocycles. The summed E-state index contributed by atoms with van der Waals surface area (Å²) in [5.41, 5.74) is 2.51. The average molecular weight is 206 g/mol. The Morgan fingerprint density at radius 3 is 2.81 bits per heavy atom. The molecule has 1 heterocycles. The maximum absolute atomic E-state index is 3.82. The predicted octanol–water partition coefficient (Wildman–Crippen LogP) is 3.78. The Balaban J connectivity index is 2.53. The van der Waals surface area contributed by atoms with E-state index in [1.807, 2.05) is 12.1 Å². The molecule has 0 bridgehead atoms. The summed E-state index contributed by atoms with van der Waals surface area (Å²) in [6, 6.07) is 17.7. The predicted molar refractivity (Wildman–Crippen MR) is 68.5 cm³/mol. The summed E-state index contributed by atoms with van der Waals surface area (Å²) < 4.78 is 2.28. The molecule has 0 spiro atoms. The SMILES string of the molecule is C=CCn1c2cc[c]cc2c2ccccc21. The number of para-hydroxylation sites is 1. The average Bonchev–Trinajstić information content (AvgIpc) is 2.66. The van der Waals surface area contributed by atoms with Crippen LogP contribution in [0.3, 0.4) is 0 Å². The van der Waals surface area contributed by atoms with Crippen LogP contribution in [-0.4, -0.2) is 4.57 Å². The molecular weight excluding hydrogens is 194 g/mol. The Kier molecular flexibility index (Phi) is 2.03. The molecule has 0 saturated heterocycles. The highest BCUT2D eigenvalue weighted by molar-refractivity contribution is 6.07. The molecule has 3 aromatic rings. The number of fused-ring (bicyclic) bond motifs is 3. The van der Waals surface area contributed by atoms with Crippen LogP contribution < -0.4 is 0 Å². The molecule has 0 atom stereocenters. The van der Waals surface area contributed by atoms with Gasteiger partial charge >= 0.3 is 0 Å². The summed E-state index contributed by atoms with van der Waals surface area (Å²) in [6.07, 6.45) is 1.93. The molecule has 0 aliphatic rings. The van der Waals surface area contributed by atoms with Crippen molar-refractivity contribution < 1.29 is 0 Å². The molecule has 1 nitrogen and oxygen atoms in total. The fourth-order valence-corrected chi connectivity index (χ4v) is 2.27. The lowest BCUT2D eigenvalue weighted by Crippen LogP contribution is -1.93. The summed E-state index contributed by atoms with van der Waals surface area (Å²) >= 11 is 0. The number of rotatable bonds is 2. The van der Waals surface area contributed by atoms with Crippen molar-refractivity contribution in [3.05, 3.63) is 61.2 Å². The van der Waals surface area contributed by atoms with E-state index in [1.165, 1.54) is 21.8 Å². The third-order valence-corrected chi connectivity index (χ3v) is 2.93. The van der Waals surface area contributed by atoms with E-state index in [0.717, 1.165) is 6.54 Å². The summed E-state index contributed by atoms with van der Waals surface area (Å²) in [6.45, 7) is 4.66. The van der Waals surface area contributed by atoms with Crippen LogP contribution in [0.4, 0.5) is 0 Å². The van der Waals surface area contributed by atoms with Gasteiger partial charge in [0.2, 0.25) is 0 Å². The van der Waals surface area contributed by atoms with E-state index in [-0.39, 0.29) is 0 Å². The molecule has 0 fully saturated rings. The smallest absolute Gasteiger partial charge is 0.0494 e. The van der Waals surface area contributed by atoms with Gasteiger partial charge in [-0.2, -0.15) is 0 Å². The summed E-state index contributed by atoms with van der Waals surface area (Å²) in [7, 11) is 0. The number of hydrogen-bond donors (Lipinski definition) is 0. The van der Waals surface area contributed by atoms with Gasteiger partial charge in [-0.15, -0.1) is 6.58 Å². The fourth-order valence-electron chi connectivity index (χ4n) is 2.27. The van der Waals surface area contributed by atoms with Gasteiger partial charge in [-0.1, -0.05) is 30.3 Å². The van der Waals surface area contributed by atoms with Crippen molar-refractivity contribution in [3.8, 4) is 0 Å². The van der Waals surface area contributed by atoms with E-state index < -0.39 is 0 Å². The second-order valence-corrected chi connectivity index (χ2v) is 3.86. The molecule has 1 heteroatoms. The quantitative estimate of drug-likeness (QED) is 0.562. The standard InChI is InChI=1S/C15H12N/c1-2-11-16-14-9-5-3-7-12(14)13-8-4-6-10-15(13)16/h2-3,5-10H,1,11H2. The number of benzene rings is 2. The zero-order valence-electron chi connectivity index (χ0n) is 8.98. The summed E-state index contributed by atoms with van der Waals surface area (Å²) in [5.74, 6) is 0. The largest absolute Gasteiger partial charge is 0.337 e. The first-order valence-corrected chi connectivity index (χ1v) is 5.40. The van der Waals surface area contributed by atoms with Gasteiger partial charge in [0, 0.05) is 28.4 Å². The maximum Gasteiger partial charge on any atom is 0.0494 e. The summed E-state index contributed by atoms with van der Waals surface area (Å²) in [4.78, 5) is 0. The minimum atomic E-state index is 0.841. The van der Waals surface area contributed by atoms with Gasteiger partial charge in [-0.25, -0.2) is 0 Å². The maximum atomic E-state index is 3.82. The van der Waals surface area contributed by atoms with E-state index in [2.05, 4.69) is 53.6 Å². The molecule has 0 N–H and O–H groups in total. The molecule has 0 saturated carbocycles. The minimum absolute atomic E-state index is 0.841. The molecule has 0 unspecified atom stereocenters. The first-order chi connectivity index (χ1) is 7.92. The molecule has 0 aliphatic carbocycles. The molecule has 1 radical (unpaired) electrons. The molecule has 77 valence electrons. The highest BCUT2D eigenvalue weighted by atomic mass is 15.0. The van der Waals surface area contributed by atoms with Crippen LogP contribution in [0, 0.1) is 6.07 Å². The van der Waals surface area contributed by atoms with Gasteiger partial charge in [0.25, 0.3) is 0 Å². The van der Waals surface area contributed by atoms with E-state index in [9.17, 15) is 0 Å². The van der Waals surface area contributed by atoms with E-state index in [1.54, 1.807) is 0 Å². The van der Waals surface area contributed by atoms with Crippen molar-refractivity contribution in [2.75, 3.05) is 0 Å². The number of allylic oxidation sites excluding steroid dienone is 1. The number of aromatic nitrogens is 1.